The Kier molecular flexibility index (Phi) is 5.78. The first kappa shape index (κ1) is 18.4. The Morgan fingerprint density at radius 2 is 1.92 bits per heavy atom. The third-order valence-corrected chi connectivity index (χ3v) is 7.07. The maximum absolute atomic E-state index is 12.6. The van der Waals surface area contributed by atoms with Crippen molar-refractivity contribution in [3.63, 3.8) is 0 Å². The SMILES string of the molecule is Cc1ccc(C)c(CSc2ccc(S(=O)(=O)N3CCOCC3)cn2)c1. The molecule has 1 aliphatic heterocycles. The lowest BCUT2D eigenvalue weighted by Gasteiger charge is -2.25. The van der Waals surface area contributed by atoms with Crippen LogP contribution in [-0.4, -0.2) is 44.0 Å². The second-order valence-electron chi connectivity index (χ2n) is 6.07. The minimum atomic E-state index is -3.48. The maximum atomic E-state index is 12.6. The van der Waals surface area contributed by atoms with E-state index in [4.69, 9.17) is 4.74 Å². The number of ether oxygens (including phenoxy) is 1. The molecule has 0 bridgehead atoms. The van der Waals surface area contributed by atoms with Crippen molar-refractivity contribution in [2.45, 2.75) is 29.5 Å². The van der Waals surface area contributed by atoms with Crippen LogP contribution in [0.15, 0.2) is 46.5 Å². The molecule has 5 nitrogen and oxygen atoms in total. The van der Waals surface area contributed by atoms with Crippen molar-refractivity contribution < 1.29 is 13.2 Å². The normalized spacial score (nSPS) is 16.1. The number of benzene rings is 1. The summed E-state index contributed by atoms with van der Waals surface area (Å²) in [5.74, 6) is 0.816. The fraction of sp³-hybridized carbons (Fsp3) is 0.389. The van der Waals surface area contributed by atoms with E-state index in [1.807, 2.05) is 0 Å². The summed E-state index contributed by atoms with van der Waals surface area (Å²) in [5.41, 5.74) is 3.77. The number of hydrogen-bond donors (Lipinski definition) is 0. The van der Waals surface area contributed by atoms with Gasteiger partial charge in [-0.15, -0.1) is 11.8 Å². The molecule has 1 saturated heterocycles. The lowest BCUT2D eigenvalue weighted by Crippen LogP contribution is -2.40. The van der Waals surface area contributed by atoms with Crippen LogP contribution >= 0.6 is 11.8 Å². The van der Waals surface area contributed by atoms with Crippen LogP contribution in [0.1, 0.15) is 16.7 Å². The molecule has 0 radical (unpaired) electrons. The highest BCUT2D eigenvalue weighted by Gasteiger charge is 2.26. The molecule has 2 heterocycles. The topological polar surface area (TPSA) is 59.5 Å². The van der Waals surface area contributed by atoms with Crippen molar-refractivity contribution in [1.82, 2.24) is 9.29 Å². The maximum Gasteiger partial charge on any atom is 0.244 e. The van der Waals surface area contributed by atoms with Gasteiger partial charge in [-0.2, -0.15) is 4.31 Å². The molecule has 0 spiro atoms. The van der Waals surface area contributed by atoms with Crippen LogP contribution in [0.4, 0.5) is 0 Å². The van der Waals surface area contributed by atoms with E-state index in [1.165, 1.54) is 27.2 Å². The Labute approximate surface area is 153 Å². The van der Waals surface area contributed by atoms with E-state index in [9.17, 15) is 8.42 Å². The summed E-state index contributed by atoms with van der Waals surface area (Å²) in [7, 11) is -3.48. The lowest BCUT2D eigenvalue weighted by atomic mass is 10.1. The average molecular weight is 379 g/mol. The van der Waals surface area contributed by atoms with Crippen molar-refractivity contribution in [1.29, 1.82) is 0 Å². The zero-order valence-electron chi connectivity index (χ0n) is 14.4. The number of thioether (sulfide) groups is 1. The number of pyridine rings is 1. The summed E-state index contributed by atoms with van der Waals surface area (Å²) in [4.78, 5) is 4.57. The monoisotopic (exact) mass is 378 g/mol. The molecular weight excluding hydrogens is 356 g/mol. The molecule has 0 N–H and O–H groups in total. The highest BCUT2D eigenvalue weighted by molar-refractivity contribution is 7.98. The fourth-order valence-electron chi connectivity index (χ4n) is 2.65. The number of nitrogens with zero attached hydrogens (tertiary/aromatic N) is 2. The minimum Gasteiger partial charge on any atom is -0.379 e. The Morgan fingerprint density at radius 1 is 1.16 bits per heavy atom. The van der Waals surface area contributed by atoms with Crippen molar-refractivity contribution >= 4 is 21.8 Å². The second kappa shape index (κ2) is 7.86. The van der Waals surface area contributed by atoms with E-state index in [0.717, 1.165) is 10.8 Å². The lowest BCUT2D eigenvalue weighted by molar-refractivity contribution is 0.0730. The van der Waals surface area contributed by atoms with Crippen LogP contribution in [0.3, 0.4) is 0 Å². The number of aryl methyl sites for hydroxylation is 2. The molecule has 2 aromatic rings. The zero-order valence-corrected chi connectivity index (χ0v) is 16.1. The highest BCUT2D eigenvalue weighted by atomic mass is 32.2. The molecule has 1 aromatic carbocycles. The molecule has 1 aromatic heterocycles. The van der Waals surface area contributed by atoms with E-state index in [0.29, 0.717) is 26.3 Å². The molecule has 3 rings (SSSR count). The standard InChI is InChI=1S/C18H22N2O3S2/c1-14-3-4-15(2)16(11-14)13-24-18-6-5-17(12-19-18)25(21,22)20-7-9-23-10-8-20/h3-6,11-12H,7-10,13H2,1-2H3. The van der Waals surface area contributed by atoms with Gasteiger partial charge in [0.25, 0.3) is 0 Å². The molecule has 0 atom stereocenters. The average Bonchev–Trinajstić information content (AvgIpc) is 2.63. The summed E-state index contributed by atoms with van der Waals surface area (Å²) in [6.07, 6.45) is 1.45. The number of hydrogen-bond acceptors (Lipinski definition) is 5. The van der Waals surface area contributed by atoms with Gasteiger partial charge in [-0.05, 0) is 37.1 Å². The number of morpholine rings is 1. The molecule has 0 unspecified atom stereocenters. The fourth-order valence-corrected chi connectivity index (χ4v) is 4.91. The van der Waals surface area contributed by atoms with Crippen LogP contribution in [0.2, 0.25) is 0 Å². The van der Waals surface area contributed by atoms with Gasteiger partial charge in [-0.1, -0.05) is 23.8 Å². The van der Waals surface area contributed by atoms with E-state index in [-0.39, 0.29) is 4.90 Å². The van der Waals surface area contributed by atoms with E-state index >= 15 is 0 Å². The van der Waals surface area contributed by atoms with Gasteiger partial charge >= 0.3 is 0 Å². The molecule has 0 saturated carbocycles. The van der Waals surface area contributed by atoms with Crippen LogP contribution in [0.5, 0.6) is 0 Å². The predicted octanol–water partition coefficient (Wildman–Crippen LogP) is 3.01. The van der Waals surface area contributed by atoms with Crippen molar-refractivity contribution in [2.75, 3.05) is 26.3 Å². The van der Waals surface area contributed by atoms with Gasteiger partial charge in [0.1, 0.15) is 4.90 Å². The first-order valence-corrected chi connectivity index (χ1v) is 10.6. The second-order valence-corrected chi connectivity index (χ2v) is 9.00. The molecule has 0 aliphatic carbocycles. The largest absolute Gasteiger partial charge is 0.379 e. The van der Waals surface area contributed by atoms with Gasteiger partial charge in [0.15, 0.2) is 0 Å². The highest BCUT2D eigenvalue weighted by Crippen LogP contribution is 2.25. The Hall–Kier alpha value is -1.41. The molecule has 7 heteroatoms. The van der Waals surface area contributed by atoms with Crippen LogP contribution in [0.25, 0.3) is 0 Å². The van der Waals surface area contributed by atoms with Crippen LogP contribution in [0, 0.1) is 13.8 Å². The van der Waals surface area contributed by atoms with E-state index < -0.39 is 10.0 Å². The third-order valence-electron chi connectivity index (χ3n) is 4.20. The Bertz CT molecular complexity index is 830. The minimum absolute atomic E-state index is 0.241. The smallest absolute Gasteiger partial charge is 0.244 e. The zero-order chi connectivity index (χ0) is 17.9. The van der Waals surface area contributed by atoms with Gasteiger partial charge in [0.2, 0.25) is 10.0 Å². The van der Waals surface area contributed by atoms with Gasteiger partial charge in [-0.3, -0.25) is 0 Å². The molecule has 1 fully saturated rings. The predicted molar refractivity (Wildman–Crippen MR) is 99.3 cm³/mol. The summed E-state index contributed by atoms with van der Waals surface area (Å²) >= 11 is 1.61. The summed E-state index contributed by atoms with van der Waals surface area (Å²) < 4.78 is 31.8. The van der Waals surface area contributed by atoms with Gasteiger partial charge in [0.05, 0.1) is 18.2 Å². The molecule has 25 heavy (non-hydrogen) atoms. The van der Waals surface area contributed by atoms with Gasteiger partial charge < -0.3 is 4.74 Å². The van der Waals surface area contributed by atoms with Gasteiger partial charge in [-0.25, -0.2) is 13.4 Å². The third kappa shape index (κ3) is 4.41. The number of rotatable bonds is 5. The Balaban J connectivity index is 1.68. The quantitative estimate of drug-likeness (QED) is 0.749. The molecule has 134 valence electrons. The van der Waals surface area contributed by atoms with E-state index in [1.54, 1.807) is 23.9 Å². The van der Waals surface area contributed by atoms with Crippen molar-refractivity contribution in [3.05, 3.63) is 53.2 Å². The molecular formula is C18H22N2O3S2. The molecule has 1 aliphatic rings. The number of aromatic nitrogens is 1. The summed E-state index contributed by atoms with van der Waals surface area (Å²) in [5, 5.41) is 0.821. The number of sulfonamides is 1. The first-order valence-electron chi connectivity index (χ1n) is 8.20. The first-order chi connectivity index (χ1) is 12.0. The van der Waals surface area contributed by atoms with Crippen LogP contribution in [-0.2, 0) is 20.5 Å². The van der Waals surface area contributed by atoms with Crippen molar-refractivity contribution in [3.8, 4) is 0 Å². The summed E-state index contributed by atoms with van der Waals surface area (Å²) in [6.45, 7) is 5.85. The molecule has 0 amide bonds. The summed E-state index contributed by atoms with van der Waals surface area (Å²) in [6, 6.07) is 9.83. The van der Waals surface area contributed by atoms with Crippen molar-refractivity contribution in [2.24, 2.45) is 0 Å². The Morgan fingerprint density at radius 3 is 2.60 bits per heavy atom. The van der Waals surface area contributed by atoms with Gasteiger partial charge in [0, 0.05) is 25.0 Å². The van der Waals surface area contributed by atoms with E-state index in [2.05, 4.69) is 37.0 Å². The van der Waals surface area contributed by atoms with Crippen LogP contribution < -0.4 is 0 Å².